The number of aliphatic imine (C=N–C) groups is 1. The molecule has 6 nitrogen and oxygen atoms in total. The van der Waals surface area contributed by atoms with Gasteiger partial charge in [-0.15, -0.1) is 24.0 Å². The van der Waals surface area contributed by atoms with Crippen LogP contribution in [0.2, 0.25) is 0 Å². The first-order valence-corrected chi connectivity index (χ1v) is 8.63. The highest BCUT2D eigenvalue weighted by Crippen LogP contribution is 2.29. The van der Waals surface area contributed by atoms with Crippen molar-refractivity contribution in [1.29, 1.82) is 0 Å². The van der Waals surface area contributed by atoms with E-state index < -0.39 is 11.7 Å². The third-order valence-electron chi connectivity index (χ3n) is 3.92. The van der Waals surface area contributed by atoms with Crippen molar-refractivity contribution < 1.29 is 22.6 Å². The van der Waals surface area contributed by atoms with Crippen LogP contribution in [0.15, 0.2) is 23.3 Å². The summed E-state index contributed by atoms with van der Waals surface area (Å²) in [4.78, 5) is 10.2. The van der Waals surface area contributed by atoms with E-state index >= 15 is 0 Å². The van der Waals surface area contributed by atoms with Crippen molar-refractivity contribution in [2.75, 3.05) is 46.5 Å². The van der Waals surface area contributed by atoms with Gasteiger partial charge in [0.05, 0.1) is 18.7 Å². The Morgan fingerprint density at radius 3 is 2.78 bits per heavy atom. The van der Waals surface area contributed by atoms with Gasteiger partial charge >= 0.3 is 6.18 Å². The van der Waals surface area contributed by atoms with E-state index in [2.05, 4.69) is 20.2 Å². The summed E-state index contributed by atoms with van der Waals surface area (Å²) in [6.45, 7) is 5.76. The molecule has 2 heterocycles. The molecule has 1 aromatic rings. The molecule has 154 valence electrons. The zero-order valence-corrected chi connectivity index (χ0v) is 17.8. The van der Waals surface area contributed by atoms with Crippen LogP contribution >= 0.6 is 24.0 Å². The predicted molar refractivity (Wildman–Crippen MR) is 108 cm³/mol. The van der Waals surface area contributed by atoms with E-state index in [0.717, 1.165) is 50.9 Å². The molecule has 0 bridgehead atoms. The number of rotatable bonds is 7. The topological polar surface area (TPSA) is 59.0 Å². The molecule has 27 heavy (non-hydrogen) atoms. The fourth-order valence-corrected chi connectivity index (χ4v) is 2.61. The number of ether oxygens (including phenoxy) is 2. The van der Waals surface area contributed by atoms with E-state index in [1.165, 1.54) is 6.07 Å². The molecule has 1 aromatic heterocycles. The zero-order chi connectivity index (χ0) is 19.0. The van der Waals surface area contributed by atoms with Crippen molar-refractivity contribution in [1.82, 2.24) is 15.2 Å². The second-order valence-corrected chi connectivity index (χ2v) is 6.08. The average molecular weight is 502 g/mol. The molecule has 0 aliphatic carbocycles. The third-order valence-corrected chi connectivity index (χ3v) is 3.92. The van der Waals surface area contributed by atoms with E-state index in [4.69, 9.17) is 9.47 Å². The lowest BCUT2D eigenvalue weighted by molar-refractivity contribution is -0.137. The van der Waals surface area contributed by atoms with Gasteiger partial charge < -0.3 is 19.7 Å². The highest BCUT2D eigenvalue weighted by atomic mass is 127. The van der Waals surface area contributed by atoms with Gasteiger partial charge in [0.1, 0.15) is 6.61 Å². The summed E-state index contributed by atoms with van der Waals surface area (Å²) in [6, 6.07) is 2.16. The number of nitrogens with zero attached hydrogens (tertiary/aromatic N) is 3. The minimum Gasteiger partial charge on any atom is -0.476 e. The number of guanidine groups is 1. The molecule has 1 atom stereocenters. The Balaban J connectivity index is 0.00000364. The Bertz CT molecular complexity index is 579. The van der Waals surface area contributed by atoms with E-state index in [1.807, 2.05) is 14.0 Å². The quantitative estimate of drug-likeness (QED) is 0.269. The second kappa shape index (κ2) is 11.5. The Morgan fingerprint density at radius 1 is 1.44 bits per heavy atom. The van der Waals surface area contributed by atoms with Crippen molar-refractivity contribution in [3.05, 3.63) is 23.9 Å². The summed E-state index contributed by atoms with van der Waals surface area (Å²) >= 11 is 0. The summed E-state index contributed by atoms with van der Waals surface area (Å²) in [7, 11) is 1.97. The maximum absolute atomic E-state index is 12.5. The van der Waals surface area contributed by atoms with Gasteiger partial charge in [-0.2, -0.15) is 13.2 Å². The summed E-state index contributed by atoms with van der Waals surface area (Å²) in [5, 5.41) is 3.22. The summed E-state index contributed by atoms with van der Waals surface area (Å²) in [5.74, 6) is 1.41. The monoisotopic (exact) mass is 502 g/mol. The number of hydrogen-bond acceptors (Lipinski definition) is 4. The first-order valence-electron chi connectivity index (χ1n) is 8.63. The Kier molecular flexibility index (Phi) is 10.1. The largest absolute Gasteiger partial charge is 0.476 e. The molecule has 2 rings (SSSR count). The van der Waals surface area contributed by atoms with Gasteiger partial charge in [-0.3, -0.25) is 0 Å². The van der Waals surface area contributed by atoms with Gasteiger partial charge in [0.25, 0.3) is 0 Å². The lowest BCUT2D eigenvalue weighted by Gasteiger charge is -2.24. The molecule has 0 amide bonds. The van der Waals surface area contributed by atoms with E-state index in [-0.39, 0.29) is 36.5 Å². The van der Waals surface area contributed by atoms with E-state index in [9.17, 15) is 13.2 Å². The Morgan fingerprint density at radius 2 is 2.22 bits per heavy atom. The van der Waals surface area contributed by atoms with Crippen LogP contribution in [0.25, 0.3) is 0 Å². The third kappa shape index (κ3) is 8.08. The van der Waals surface area contributed by atoms with Gasteiger partial charge in [0.15, 0.2) is 5.96 Å². The highest BCUT2D eigenvalue weighted by molar-refractivity contribution is 14.0. The molecule has 1 aliphatic heterocycles. The molecule has 0 aromatic carbocycles. The van der Waals surface area contributed by atoms with Crippen LogP contribution in [0.3, 0.4) is 0 Å². The Labute approximate surface area is 174 Å². The molecule has 0 spiro atoms. The molecule has 1 fully saturated rings. The molecular formula is C17H26F3IN4O2. The van der Waals surface area contributed by atoms with Gasteiger partial charge in [-0.05, 0) is 19.4 Å². The van der Waals surface area contributed by atoms with Gasteiger partial charge in [0, 0.05) is 44.9 Å². The van der Waals surface area contributed by atoms with Crippen molar-refractivity contribution in [3.8, 4) is 5.88 Å². The normalized spacial score (nSPS) is 17.4. The fourth-order valence-electron chi connectivity index (χ4n) is 2.61. The van der Waals surface area contributed by atoms with Crippen molar-refractivity contribution in [3.63, 3.8) is 0 Å². The molecule has 1 aliphatic rings. The molecule has 1 unspecified atom stereocenters. The number of hydrogen-bond donors (Lipinski definition) is 1. The van der Waals surface area contributed by atoms with Crippen LogP contribution in [-0.4, -0.2) is 62.3 Å². The maximum Gasteiger partial charge on any atom is 0.417 e. The molecule has 1 saturated heterocycles. The van der Waals surface area contributed by atoms with Crippen molar-refractivity contribution in [2.24, 2.45) is 10.9 Å². The molecular weight excluding hydrogens is 476 g/mol. The summed E-state index contributed by atoms with van der Waals surface area (Å²) < 4.78 is 48.2. The minimum absolute atomic E-state index is 0. The summed E-state index contributed by atoms with van der Waals surface area (Å²) in [5.41, 5.74) is -0.796. The molecule has 0 saturated carbocycles. The van der Waals surface area contributed by atoms with E-state index in [0.29, 0.717) is 12.5 Å². The first kappa shape index (κ1) is 23.7. The molecule has 0 radical (unpaired) electrons. The minimum atomic E-state index is -4.40. The van der Waals surface area contributed by atoms with E-state index in [1.54, 1.807) is 0 Å². The average Bonchev–Trinajstić information content (AvgIpc) is 3.10. The molecule has 1 N–H and O–H groups in total. The van der Waals surface area contributed by atoms with Crippen molar-refractivity contribution >= 4 is 29.9 Å². The lowest BCUT2D eigenvalue weighted by atomic mass is 10.1. The smallest absolute Gasteiger partial charge is 0.417 e. The fraction of sp³-hybridized carbons (Fsp3) is 0.647. The number of halogens is 4. The lowest BCUT2D eigenvalue weighted by Crippen LogP contribution is -2.41. The van der Waals surface area contributed by atoms with Gasteiger partial charge in [-0.1, -0.05) is 0 Å². The van der Waals surface area contributed by atoms with Crippen molar-refractivity contribution in [2.45, 2.75) is 19.5 Å². The molecule has 10 heteroatoms. The van der Waals surface area contributed by atoms with Crippen LogP contribution in [-0.2, 0) is 10.9 Å². The van der Waals surface area contributed by atoms with Gasteiger partial charge in [-0.25, -0.2) is 9.98 Å². The van der Waals surface area contributed by atoms with Crippen LogP contribution in [0, 0.1) is 5.92 Å². The van der Waals surface area contributed by atoms with Crippen LogP contribution in [0.4, 0.5) is 13.2 Å². The highest BCUT2D eigenvalue weighted by Gasteiger charge is 2.30. The predicted octanol–water partition coefficient (Wildman–Crippen LogP) is 3.03. The zero-order valence-electron chi connectivity index (χ0n) is 15.5. The van der Waals surface area contributed by atoms with Crippen LogP contribution < -0.4 is 10.1 Å². The number of pyridine rings is 1. The number of nitrogens with one attached hydrogen (secondary N) is 1. The summed E-state index contributed by atoms with van der Waals surface area (Å²) in [6.07, 6.45) is -2.59. The second-order valence-electron chi connectivity index (χ2n) is 6.08. The SMILES string of the molecule is CCNC(=NCCOc1ccc(C(F)(F)F)cn1)N(C)CC1CCOC1.I. The maximum atomic E-state index is 12.5. The number of alkyl halides is 3. The standard InChI is InChI=1S/C17H25F3N4O2.HI/c1-3-21-16(24(2)11-13-6-8-25-12-13)22-7-9-26-15-5-4-14(10-23-15)17(18,19)20;/h4-5,10,13H,3,6-9,11-12H2,1-2H3,(H,21,22);1H. The van der Waals surface area contributed by atoms with Crippen LogP contribution in [0.1, 0.15) is 18.9 Å². The van der Waals surface area contributed by atoms with Crippen LogP contribution in [0.5, 0.6) is 5.88 Å². The first-order chi connectivity index (χ1) is 12.4. The Hall–Kier alpha value is -1.30. The number of aromatic nitrogens is 1. The van der Waals surface area contributed by atoms with Gasteiger partial charge in [0.2, 0.25) is 5.88 Å².